The van der Waals surface area contributed by atoms with Crippen molar-refractivity contribution in [1.29, 1.82) is 0 Å². The first-order valence-electron chi connectivity index (χ1n) is 8.02. The predicted octanol–water partition coefficient (Wildman–Crippen LogP) is 1.30. The minimum absolute atomic E-state index is 0.0581. The highest BCUT2D eigenvalue weighted by molar-refractivity contribution is 7.19. The van der Waals surface area contributed by atoms with E-state index in [0.717, 1.165) is 27.3 Å². The van der Waals surface area contributed by atoms with Crippen molar-refractivity contribution in [2.24, 2.45) is 7.05 Å². The summed E-state index contributed by atoms with van der Waals surface area (Å²) in [6.45, 7) is 7.45. The topological polar surface area (TPSA) is 112 Å². The normalized spacial score (nSPS) is 11.6. The Hall–Kier alpha value is -2.75. The van der Waals surface area contributed by atoms with Gasteiger partial charge in [-0.1, -0.05) is 5.21 Å². The van der Waals surface area contributed by atoms with Crippen LogP contribution in [0.1, 0.15) is 46.5 Å². The summed E-state index contributed by atoms with van der Waals surface area (Å²) < 4.78 is 4.00. The second-order valence-corrected chi connectivity index (χ2v) is 7.50. The number of aryl methyl sites for hydroxylation is 1. The quantitative estimate of drug-likeness (QED) is 0.733. The zero-order valence-corrected chi connectivity index (χ0v) is 15.9. The minimum atomic E-state index is -1.20. The number of fused-ring (bicyclic) bond motifs is 1. The molecule has 0 saturated carbocycles. The zero-order valence-electron chi connectivity index (χ0n) is 15.1. The summed E-state index contributed by atoms with van der Waals surface area (Å²) in [7, 11) is 1.36. The molecular formula is C16H19N5O4S. The number of aromatic carboxylic acids is 1. The predicted molar refractivity (Wildman–Crippen MR) is 97.3 cm³/mol. The molecule has 0 aliphatic heterocycles. The highest BCUT2D eigenvalue weighted by Gasteiger charge is 2.26. The van der Waals surface area contributed by atoms with Crippen LogP contribution in [0.2, 0.25) is 0 Å². The Labute approximate surface area is 152 Å². The minimum Gasteiger partial charge on any atom is -0.478 e. The summed E-state index contributed by atoms with van der Waals surface area (Å²) >= 11 is 1.14. The van der Waals surface area contributed by atoms with Gasteiger partial charge in [0.15, 0.2) is 0 Å². The third kappa shape index (κ3) is 2.57. The highest BCUT2D eigenvalue weighted by atomic mass is 32.1. The van der Waals surface area contributed by atoms with Gasteiger partial charge in [0, 0.05) is 18.0 Å². The van der Waals surface area contributed by atoms with Gasteiger partial charge in [-0.2, -0.15) is 0 Å². The van der Waals surface area contributed by atoms with E-state index in [1.807, 2.05) is 27.7 Å². The number of carboxylic acids is 1. The molecule has 10 heteroatoms. The fourth-order valence-corrected chi connectivity index (χ4v) is 4.25. The van der Waals surface area contributed by atoms with Crippen LogP contribution in [0.15, 0.2) is 9.59 Å². The third-order valence-corrected chi connectivity index (χ3v) is 5.60. The van der Waals surface area contributed by atoms with Crippen molar-refractivity contribution in [1.82, 2.24) is 24.1 Å². The smallest absolute Gasteiger partial charge is 0.337 e. The van der Waals surface area contributed by atoms with Crippen LogP contribution in [0.3, 0.4) is 0 Å². The van der Waals surface area contributed by atoms with Crippen molar-refractivity contribution in [3.05, 3.63) is 42.7 Å². The molecule has 0 aromatic carbocycles. The SMILES string of the molecule is Cc1nnn(Cc2sc3c(c2C(=O)O)c(=O)n(C)c(=O)n3C(C)C)c1C. The molecule has 0 amide bonds. The van der Waals surface area contributed by atoms with Crippen molar-refractivity contribution in [2.75, 3.05) is 0 Å². The highest BCUT2D eigenvalue weighted by Crippen LogP contribution is 2.30. The van der Waals surface area contributed by atoms with Gasteiger partial charge >= 0.3 is 11.7 Å². The molecule has 0 spiro atoms. The molecule has 0 fully saturated rings. The van der Waals surface area contributed by atoms with Gasteiger partial charge in [-0.25, -0.2) is 14.3 Å². The van der Waals surface area contributed by atoms with Crippen molar-refractivity contribution in [2.45, 2.75) is 40.3 Å². The molecule has 9 nitrogen and oxygen atoms in total. The van der Waals surface area contributed by atoms with E-state index in [0.29, 0.717) is 9.71 Å². The van der Waals surface area contributed by atoms with Gasteiger partial charge in [-0.15, -0.1) is 16.4 Å². The first kappa shape index (κ1) is 18.1. The summed E-state index contributed by atoms with van der Waals surface area (Å²) in [5.74, 6) is -1.20. The molecule has 3 aromatic heterocycles. The molecule has 138 valence electrons. The molecule has 3 heterocycles. The Morgan fingerprint density at radius 3 is 2.42 bits per heavy atom. The molecule has 0 atom stereocenters. The van der Waals surface area contributed by atoms with E-state index in [4.69, 9.17) is 0 Å². The number of hydrogen-bond acceptors (Lipinski definition) is 6. The van der Waals surface area contributed by atoms with Crippen LogP contribution in [-0.4, -0.2) is 35.2 Å². The van der Waals surface area contributed by atoms with Gasteiger partial charge in [0.05, 0.1) is 28.9 Å². The fourth-order valence-electron chi connectivity index (χ4n) is 2.86. The van der Waals surface area contributed by atoms with E-state index in [2.05, 4.69) is 10.3 Å². The van der Waals surface area contributed by atoms with Crippen LogP contribution in [0.5, 0.6) is 0 Å². The van der Waals surface area contributed by atoms with E-state index in [9.17, 15) is 19.5 Å². The molecule has 26 heavy (non-hydrogen) atoms. The van der Waals surface area contributed by atoms with Gasteiger partial charge in [-0.3, -0.25) is 13.9 Å². The van der Waals surface area contributed by atoms with Crippen LogP contribution in [0.25, 0.3) is 10.2 Å². The van der Waals surface area contributed by atoms with E-state index in [1.54, 1.807) is 4.68 Å². The maximum atomic E-state index is 12.6. The number of nitrogens with zero attached hydrogens (tertiary/aromatic N) is 5. The van der Waals surface area contributed by atoms with Crippen LogP contribution >= 0.6 is 11.3 Å². The molecule has 1 N–H and O–H groups in total. The summed E-state index contributed by atoms with van der Waals surface area (Å²) in [6.07, 6.45) is 0. The molecule has 3 aromatic rings. The Kier molecular flexibility index (Phi) is 4.31. The van der Waals surface area contributed by atoms with Gasteiger partial charge in [-0.05, 0) is 27.7 Å². The largest absolute Gasteiger partial charge is 0.478 e. The summed E-state index contributed by atoms with van der Waals surface area (Å²) in [5, 5.41) is 17.8. The summed E-state index contributed by atoms with van der Waals surface area (Å²) in [4.78, 5) is 37.9. The Bertz CT molecular complexity index is 1150. The lowest BCUT2D eigenvalue weighted by atomic mass is 10.2. The molecule has 0 unspecified atom stereocenters. The monoisotopic (exact) mass is 377 g/mol. The summed E-state index contributed by atoms with van der Waals surface area (Å²) in [6, 6.07) is -0.222. The van der Waals surface area contributed by atoms with Crippen molar-refractivity contribution in [3.63, 3.8) is 0 Å². The average Bonchev–Trinajstić information content (AvgIpc) is 3.08. The van der Waals surface area contributed by atoms with E-state index >= 15 is 0 Å². The number of rotatable bonds is 4. The molecule has 0 radical (unpaired) electrons. The van der Waals surface area contributed by atoms with Crippen LogP contribution < -0.4 is 11.2 Å². The maximum Gasteiger partial charge on any atom is 0.337 e. The van der Waals surface area contributed by atoms with E-state index < -0.39 is 17.2 Å². The lowest BCUT2D eigenvalue weighted by Gasteiger charge is -2.12. The van der Waals surface area contributed by atoms with Crippen molar-refractivity contribution in [3.8, 4) is 0 Å². The third-order valence-electron chi connectivity index (χ3n) is 4.43. The molecule has 0 aliphatic rings. The van der Waals surface area contributed by atoms with Crippen molar-refractivity contribution < 1.29 is 9.90 Å². The number of aromatic nitrogens is 5. The van der Waals surface area contributed by atoms with Crippen molar-refractivity contribution >= 4 is 27.5 Å². The molecule has 0 aliphatic carbocycles. The average molecular weight is 377 g/mol. The number of carboxylic acid groups (broad SMARTS) is 1. The first-order valence-corrected chi connectivity index (χ1v) is 8.83. The second-order valence-electron chi connectivity index (χ2n) is 6.41. The Morgan fingerprint density at radius 2 is 1.92 bits per heavy atom. The van der Waals surface area contributed by atoms with Gasteiger partial charge in [0.1, 0.15) is 4.83 Å². The number of hydrogen-bond donors (Lipinski definition) is 1. The van der Waals surface area contributed by atoms with Gasteiger partial charge < -0.3 is 5.11 Å². The van der Waals surface area contributed by atoms with Crippen LogP contribution in [0.4, 0.5) is 0 Å². The van der Waals surface area contributed by atoms with Crippen LogP contribution in [-0.2, 0) is 13.6 Å². The maximum absolute atomic E-state index is 12.6. The lowest BCUT2D eigenvalue weighted by molar-refractivity contribution is 0.0698. The fraction of sp³-hybridized carbons (Fsp3) is 0.438. The second kappa shape index (κ2) is 6.20. The van der Waals surface area contributed by atoms with Gasteiger partial charge in [0.25, 0.3) is 5.56 Å². The van der Waals surface area contributed by atoms with E-state index in [-0.39, 0.29) is 23.5 Å². The Morgan fingerprint density at radius 1 is 1.27 bits per heavy atom. The Balaban J connectivity index is 2.40. The number of thiophene rings is 1. The first-order chi connectivity index (χ1) is 12.1. The van der Waals surface area contributed by atoms with Crippen LogP contribution in [0, 0.1) is 13.8 Å². The van der Waals surface area contributed by atoms with Gasteiger partial charge in [0.2, 0.25) is 0 Å². The molecule has 3 rings (SSSR count). The zero-order chi connectivity index (χ0) is 19.3. The molecule has 0 bridgehead atoms. The lowest BCUT2D eigenvalue weighted by Crippen LogP contribution is -2.38. The summed E-state index contributed by atoms with van der Waals surface area (Å²) in [5.41, 5.74) is 0.418. The number of carbonyl (C=O) groups is 1. The standard InChI is InChI=1S/C16H19N5O4S/c1-7(2)21-14-12(13(22)19(5)16(21)25)11(15(23)24)10(26-14)6-20-9(4)8(3)17-18-20/h7H,6H2,1-5H3,(H,23,24). The molecular weight excluding hydrogens is 358 g/mol. The van der Waals surface area contributed by atoms with E-state index in [1.165, 1.54) is 11.6 Å². The molecule has 0 saturated heterocycles.